The minimum absolute atomic E-state index is 0.00558. The Kier molecular flexibility index (Phi) is 6.74. The molecule has 32 heavy (non-hydrogen) atoms. The Balaban J connectivity index is 1.58. The first-order valence-corrected chi connectivity index (χ1v) is 10.9. The van der Waals surface area contributed by atoms with Crippen molar-refractivity contribution in [1.82, 2.24) is 40.4 Å². The number of Topliss-reactive ketones (excluding diaryl/α,β-unsaturated/α-hetero) is 1. The predicted octanol–water partition coefficient (Wildman–Crippen LogP) is 3.89. The van der Waals surface area contributed by atoms with Gasteiger partial charge in [-0.25, -0.2) is 9.67 Å². The number of unbranched alkanes of at least 4 members (excludes halogenated alkanes) is 1. The van der Waals surface area contributed by atoms with E-state index in [2.05, 4.69) is 66.9 Å². The van der Waals surface area contributed by atoms with Gasteiger partial charge in [0.1, 0.15) is 5.82 Å². The van der Waals surface area contributed by atoms with Crippen molar-refractivity contribution in [1.29, 1.82) is 0 Å². The fourth-order valence-corrected chi connectivity index (χ4v) is 3.54. The number of nitrogens with one attached hydrogen (secondary N) is 1. The number of carbonyl (C=O) groups excluding carboxylic acids is 1. The molecule has 0 bridgehead atoms. The van der Waals surface area contributed by atoms with Crippen LogP contribution in [0.3, 0.4) is 0 Å². The Morgan fingerprint density at radius 3 is 2.62 bits per heavy atom. The van der Waals surface area contributed by atoms with Crippen molar-refractivity contribution < 1.29 is 4.79 Å². The van der Waals surface area contributed by atoms with Crippen molar-refractivity contribution in [2.24, 2.45) is 0 Å². The molecule has 0 aliphatic heterocycles. The lowest BCUT2D eigenvalue weighted by molar-refractivity contribution is 0.0971. The number of carbonyl (C=O) groups is 1. The van der Waals surface area contributed by atoms with E-state index in [9.17, 15) is 4.79 Å². The van der Waals surface area contributed by atoms with Crippen LogP contribution in [0, 0.1) is 0 Å². The molecule has 4 rings (SSSR count). The number of hydrogen-bond acceptors (Lipinski definition) is 7. The maximum Gasteiger partial charge on any atom is 0.217 e. The minimum atomic E-state index is 0.00558. The molecule has 0 amide bonds. The molecule has 0 unspecified atom stereocenters. The van der Waals surface area contributed by atoms with Crippen molar-refractivity contribution in [3.8, 4) is 22.5 Å². The summed E-state index contributed by atoms with van der Waals surface area (Å²) in [6.45, 7) is 4.70. The molecule has 0 fully saturated rings. The summed E-state index contributed by atoms with van der Waals surface area (Å²) in [6, 6.07) is 10.2. The maximum absolute atomic E-state index is 12.3. The summed E-state index contributed by atoms with van der Waals surface area (Å²) in [7, 11) is 0. The largest absolute Gasteiger partial charge is 0.291 e. The fourth-order valence-electron chi connectivity index (χ4n) is 3.54. The van der Waals surface area contributed by atoms with Crippen molar-refractivity contribution in [2.45, 2.75) is 52.5 Å². The number of benzene rings is 1. The number of hydrogen-bond donors (Lipinski definition) is 1. The zero-order chi connectivity index (χ0) is 22.3. The highest BCUT2D eigenvalue weighted by Gasteiger charge is 2.16. The van der Waals surface area contributed by atoms with Crippen LogP contribution >= 0.6 is 0 Å². The van der Waals surface area contributed by atoms with Crippen molar-refractivity contribution >= 4 is 5.78 Å². The molecule has 1 N–H and O–H groups in total. The molecular weight excluding hydrogens is 404 g/mol. The summed E-state index contributed by atoms with van der Waals surface area (Å²) in [4.78, 5) is 21.0. The Bertz CT molecular complexity index is 1170. The summed E-state index contributed by atoms with van der Waals surface area (Å²) >= 11 is 0. The molecule has 0 radical (unpaired) electrons. The molecular formula is C23H26N8O. The van der Waals surface area contributed by atoms with Gasteiger partial charge in [0, 0.05) is 30.8 Å². The predicted molar refractivity (Wildman–Crippen MR) is 120 cm³/mol. The number of aromatic amines is 1. The normalized spacial score (nSPS) is 11.1. The van der Waals surface area contributed by atoms with E-state index in [1.165, 1.54) is 0 Å². The second kappa shape index (κ2) is 10.0. The smallest absolute Gasteiger partial charge is 0.217 e. The van der Waals surface area contributed by atoms with Crippen LogP contribution in [0.2, 0.25) is 0 Å². The number of ketones is 1. The average Bonchev–Trinajstić information content (AvgIpc) is 3.49. The summed E-state index contributed by atoms with van der Waals surface area (Å²) in [5.74, 6) is 1.70. The van der Waals surface area contributed by atoms with Gasteiger partial charge in [0.05, 0.1) is 6.54 Å². The second-order valence-electron chi connectivity index (χ2n) is 7.64. The first-order chi connectivity index (χ1) is 15.7. The van der Waals surface area contributed by atoms with Crippen LogP contribution in [-0.4, -0.2) is 46.2 Å². The van der Waals surface area contributed by atoms with E-state index in [1.807, 2.05) is 17.7 Å². The summed E-state index contributed by atoms with van der Waals surface area (Å²) in [5, 5.41) is 18.8. The molecule has 0 saturated heterocycles. The van der Waals surface area contributed by atoms with Gasteiger partial charge in [0.25, 0.3) is 0 Å². The Hall–Kier alpha value is -3.75. The van der Waals surface area contributed by atoms with E-state index < -0.39 is 0 Å². The topological polar surface area (TPSA) is 115 Å². The number of aryl methyl sites for hydroxylation is 1. The zero-order valence-corrected chi connectivity index (χ0v) is 18.3. The van der Waals surface area contributed by atoms with E-state index in [-0.39, 0.29) is 5.78 Å². The highest BCUT2D eigenvalue weighted by atomic mass is 16.1. The van der Waals surface area contributed by atoms with E-state index in [0.717, 1.165) is 53.8 Å². The SMILES string of the molecule is CCCCc1nc(C(=O)CCC)nn1Cc1ccc(-c2ccncc2-c2nn[nH]n2)cc1. The number of pyridine rings is 1. The molecule has 4 aromatic rings. The highest BCUT2D eigenvalue weighted by molar-refractivity contribution is 5.92. The van der Waals surface area contributed by atoms with Crippen molar-refractivity contribution in [3.05, 3.63) is 59.9 Å². The Morgan fingerprint density at radius 2 is 1.91 bits per heavy atom. The zero-order valence-electron chi connectivity index (χ0n) is 18.3. The lowest BCUT2D eigenvalue weighted by atomic mass is 10.00. The lowest BCUT2D eigenvalue weighted by Crippen LogP contribution is -2.08. The third kappa shape index (κ3) is 4.77. The van der Waals surface area contributed by atoms with E-state index >= 15 is 0 Å². The highest BCUT2D eigenvalue weighted by Crippen LogP contribution is 2.29. The Morgan fingerprint density at radius 1 is 1.06 bits per heavy atom. The average molecular weight is 431 g/mol. The molecule has 0 atom stereocenters. The summed E-state index contributed by atoms with van der Waals surface area (Å²) in [6.07, 6.45) is 7.64. The Labute approximate surface area is 186 Å². The fraction of sp³-hybridized carbons (Fsp3) is 0.348. The molecule has 0 aliphatic carbocycles. The van der Waals surface area contributed by atoms with Gasteiger partial charge in [-0.05, 0) is 40.8 Å². The molecule has 0 saturated carbocycles. The second-order valence-corrected chi connectivity index (χ2v) is 7.64. The van der Waals surface area contributed by atoms with Gasteiger partial charge in [0.2, 0.25) is 17.4 Å². The molecule has 3 heterocycles. The molecule has 0 aliphatic rings. The first-order valence-electron chi connectivity index (χ1n) is 10.9. The van der Waals surface area contributed by atoms with Gasteiger partial charge < -0.3 is 0 Å². The molecule has 9 heteroatoms. The quantitative estimate of drug-likeness (QED) is 0.379. The summed E-state index contributed by atoms with van der Waals surface area (Å²) < 4.78 is 1.87. The van der Waals surface area contributed by atoms with Gasteiger partial charge >= 0.3 is 0 Å². The number of rotatable bonds is 10. The minimum Gasteiger partial charge on any atom is -0.291 e. The first kappa shape index (κ1) is 21.5. The van der Waals surface area contributed by atoms with E-state index in [1.54, 1.807) is 12.4 Å². The van der Waals surface area contributed by atoms with Crippen LogP contribution in [0.5, 0.6) is 0 Å². The van der Waals surface area contributed by atoms with E-state index in [4.69, 9.17) is 0 Å². The van der Waals surface area contributed by atoms with Crippen molar-refractivity contribution in [2.75, 3.05) is 0 Å². The molecule has 1 aromatic carbocycles. The molecule has 164 valence electrons. The maximum atomic E-state index is 12.3. The third-order valence-corrected chi connectivity index (χ3v) is 5.23. The standard InChI is InChI=1S/C23H26N8O/c1-3-5-7-21-25-23(20(32)6-4-2)28-31(21)15-16-8-10-17(11-9-16)18-12-13-24-14-19(18)22-26-29-30-27-22/h8-14H,3-7,15H2,1-2H3,(H,26,27,29,30). The monoisotopic (exact) mass is 430 g/mol. The van der Waals surface area contributed by atoms with Gasteiger partial charge in [-0.3, -0.25) is 9.78 Å². The van der Waals surface area contributed by atoms with Crippen LogP contribution in [0.15, 0.2) is 42.7 Å². The molecule has 3 aromatic heterocycles. The van der Waals surface area contributed by atoms with Crippen LogP contribution in [0.25, 0.3) is 22.5 Å². The molecule has 9 nitrogen and oxygen atoms in total. The van der Waals surface area contributed by atoms with Crippen LogP contribution in [0.1, 0.15) is 61.5 Å². The third-order valence-electron chi connectivity index (χ3n) is 5.23. The summed E-state index contributed by atoms with van der Waals surface area (Å²) in [5.41, 5.74) is 3.90. The van der Waals surface area contributed by atoms with Gasteiger partial charge in [0.15, 0.2) is 0 Å². The van der Waals surface area contributed by atoms with E-state index in [0.29, 0.717) is 24.6 Å². The van der Waals surface area contributed by atoms with Crippen LogP contribution in [-0.2, 0) is 13.0 Å². The van der Waals surface area contributed by atoms with Gasteiger partial charge in [-0.2, -0.15) is 5.21 Å². The van der Waals surface area contributed by atoms with Crippen LogP contribution < -0.4 is 0 Å². The van der Waals surface area contributed by atoms with Gasteiger partial charge in [-0.15, -0.1) is 15.3 Å². The van der Waals surface area contributed by atoms with Crippen molar-refractivity contribution in [3.63, 3.8) is 0 Å². The number of tetrazole rings is 1. The van der Waals surface area contributed by atoms with Gasteiger partial charge in [-0.1, -0.05) is 44.5 Å². The number of H-pyrrole nitrogens is 1. The number of nitrogens with zero attached hydrogens (tertiary/aromatic N) is 7. The van der Waals surface area contributed by atoms with Crippen LogP contribution in [0.4, 0.5) is 0 Å². The number of aromatic nitrogens is 8. The lowest BCUT2D eigenvalue weighted by Gasteiger charge is -2.09. The molecule has 0 spiro atoms.